The van der Waals surface area contributed by atoms with Crippen molar-refractivity contribution in [2.75, 3.05) is 0 Å². The normalized spacial score (nSPS) is 36.9. The Bertz CT molecular complexity index is 122. The van der Waals surface area contributed by atoms with Gasteiger partial charge in [0.05, 0.1) is 4.83 Å². The molecule has 0 amide bonds. The molecule has 0 saturated heterocycles. The predicted molar refractivity (Wildman–Crippen MR) is 40.7 cm³/mol. The summed E-state index contributed by atoms with van der Waals surface area (Å²) in [6, 6.07) is 0. The zero-order chi connectivity index (χ0) is 6.85. The van der Waals surface area contributed by atoms with Gasteiger partial charge in [-0.3, -0.25) is 4.79 Å². The molecule has 0 aromatic rings. The van der Waals surface area contributed by atoms with Crippen LogP contribution in [0.25, 0.3) is 0 Å². The standard InChI is InChI=1S/C7H11BrO/c1-5-2-3-7(9)6(8)4-5/h5-6H,2-4H2,1H3/t5-,6+/m1/s1. The number of hydrogen-bond donors (Lipinski definition) is 0. The molecule has 2 heteroatoms. The molecule has 0 aliphatic heterocycles. The van der Waals surface area contributed by atoms with E-state index in [1.165, 1.54) is 0 Å². The first-order chi connectivity index (χ1) is 4.20. The minimum Gasteiger partial charge on any atom is -0.298 e. The van der Waals surface area contributed by atoms with E-state index in [0.29, 0.717) is 5.78 Å². The first kappa shape index (κ1) is 7.26. The number of rotatable bonds is 0. The van der Waals surface area contributed by atoms with Gasteiger partial charge >= 0.3 is 0 Å². The van der Waals surface area contributed by atoms with E-state index in [1.807, 2.05) is 0 Å². The Labute approximate surface area is 64.0 Å². The van der Waals surface area contributed by atoms with Gasteiger partial charge in [-0.2, -0.15) is 0 Å². The number of carbonyl (C=O) groups is 1. The Morgan fingerprint density at radius 1 is 1.67 bits per heavy atom. The molecule has 1 saturated carbocycles. The van der Waals surface area contributed by atoms with E-state index < -0.39 is 0 Å². The molecule has 0 spiro atoms. The summed E-state index contributed by atoms with van der Waals surface area (Å²) in [5.41, 5.74) is 0. The molecule has 52 valence electrons. The monoisotopic (exact) mass is 190 g/mol. The van der Waals surface area contributed by atoms with Crippen molar-refractivity contribution in [2.45, 2.75) is 31.0 Å². The van der Waals surface area contributed by atoms with Crippen molar-refractivity contribution in [3.05, 3.63) is 0 Å². The lowest BCUT2D eigenvalue weighted by molar-refractivity contribution is -0.120. The van der Waals surface area contributed by atoms with E-state index in [2.05, 4.69) is 22.9 Å². The lowest BCUT2D eigenvalue weighted by Gasteiger charge is -2.20. The van der Waals surface area contributed by atoms with Crippen LogP contribution >= 0.6 is 15.9 Å². The highest BCUT2D eigenvalue weighted by atomic mass is 79.9. The first-order valence-electron chi connectivity index (χ1n) is 3.37. The lowest BCUT2D eigenvalue weighted by atomic mass is 9.90. The fourth-order valence-electron chi connectivity index (χ4n) is 1.15. The van der Waals surface area contributed by atoms with Crippen molar-refractivity contribution in [1.29, 1.82) is 0 Å². The number of halogens is 1. The van der Waals surface area contributed by atoms with Gasteiger partial charge in [-0.05, 0) is 18.8 Å². The van der Waals surface area contributed by atoms with Gasteiger partial charge in [0.1, 0.15) is 5.78 Å². The molecule has 0 aromatic carbocycles. The zero-order valence-electron chi connectivity index (χ0n) is 5.56. The maximum atomic E-state index is 10.9. The fourth-order valence-corrected chi connectivity index (χ4v) is 2.01. The number of alkyl halides is 1. The summed E-state index contributed by atoms with van der Waals surface area (Å²) in [6.45, 7) is 2.20. The van der Waals surface area contributed by atoms with Crippen LogP contribution in [0.15, 0.2) is 0 Å². The van der Waals surface area contributed by atoms with E-state index >= 15 is 0 Å². The molecule has 0 radical (unpaired) electrons. The van der Waals surface area contributed by atoms with E-state index in [4.69, 9.17) is 0 Å². The second-order valence-corrected chi connectivity index (χ2v) is 3.92. The molecule has 1 aliphatic carbocycles. The van der Waals surface area contributed by atoms with Crippen LogP contribution in [0, 0.1) is 5.92 Å². The van der Waals surface area contributed by atoms with E-state index in [9.17, 15) is 4.79 Å². The fraction of sp³-hybridized carbons (Fsp3) is 0.857. The van der Waals surface area contributed by atoms with Gasteiger partial charge in [-0.15, -0.1) is 0 Å². The summed E-state index contributed by atoms with van der Waals surface area (Å²) in [6.07, 6.45) is 2.89. The van der Waals surface area contributed by atoms with Crippen LogP contribution in [0.1, 0.15) is 26.2 Å². The van der Waals surface area contributed by atoms with Crippen LogP contribution in [-0.2, 0) is 4.79 Å². The van der Waals surface area contributed by atoms with Crippen LogP contribution in [0.3, 0.4) is 0 Å². The SMILES string of the molecule is C[C@@H]1CCC(=O)[C@@H](Br)C1. The average molecular weight is 191 g/mol. The topological polar surface area (TPSA) is 17.1 Å². The molecule has 0 heterocycles. The van der Waals surface area contributed by atoms with Gasteiger partial charge in [0.15, 0.2) is 0 Å². The van der Waals surface area contributed by atoms with E-state index in [1.54, 1.807) is 0 Å². The number of hydrogen-bond acceptors (Lipinski definition) is 1. The summed E-state index contributed by atoms with van der Waals surface area (Å²) in [5.74, 6) is 1.11. The van der Waals surface area contributed by atoms with Gasteiger partial charge in [-0.1, -0.05) is 22.9 Å². The zero-order valence-corrected chi connectivity index (χ0v) is 7.15. The summed E-state index contributed by atoms with van der Waals surface area (Å²) < 4.78 is 0. The van der Waals surface area contributed by atoms with Crippen LogP contribution in [-0.4, -0.2) is 10.6 Å². The highest BCUT2D eigenvalue weighted by Crippen LogP contribution is 2.25. The minimum absolute atomic E-state index is 0.154. The number of Topliss-reactive ketones (excluding diaryl/α,β-unsaturated/α-hetero) is 1. The molecule has 1 nitrogen and oxygen atoms in total. The van der Waals surface area contributed by atoms with Gasteiger partial charge in [0.25, 0.3) is 0 Å². The molecule has 0 bridgehead atoms. The van der Waals surface area contributed by atoms with Crippen molar-refractivity contribution in [1.82, 2.24) is 0 Å². The van der Waals surface area contributed by atoms with Gasteiger partial charge in [0, 0.05) is 6.42 Å². The van der Waals surface area contributed by atoms with Gasteiger partial charge in [-0.25, -0.2) is 0 Å². The molecule has 1 rings (SSSR count). The molecule has 1 fully saturated rings. The van der Waals surface area contributed by atoms with Gasteiger partial charge in [0.2, 0.25) is 0 Å². The van der Waals surface area contributed by atoms with Crippen molar-refractivity contribution in [3.8, 4) is 0 Å². The quantitative estimate of drug-likeness (QED) is 0.536. The Hall–Kier alpha value is 0.150. The molecule has 0 aromatic heterocycles. The third-order valence-corrected chi connectivity index (χ3v) is 2.73. The number of ketones is 1. The highest BCUT2D eigenvalue weighted by molar-refractivity contribution is 9.10. The third-order valence-electron chi connectivity index (χ3n) is 1.84. The van der Waals surface area contributed by atoms with E-state index in [0.717, 1.165) is 25.2 Å². The Morgan fingerprint density at radius 3 is 2.78 bits per heavy atom. The van der Waals surface area contributed by atoms with Gasteiger partial charge < -0.3 is 0 Å². The molecule has 2 atom stereocenters. The smallest absolute Gasteiger partial charge is 0.146 e. The summed E-state index contributed by atoms with van der Waals surface area (Å²) >= 11 is 3.34. The van der Waals surface area contributed by atoms with Crippen molar-refractivity contribution in [2.24, 2.45) is 5.92 Å². The summed E-state index contributed by atoms with van der Waals surface area (Å²) in [7, 11) is 0. The van der Waals surface area contributed by atoms with Crippen molar-refractivity contribution >= 4 is 21.7 Å². The maximum absolute atomic E-state index is 10.9. The molecule has 0 N–H and O–H groups in total. The van der Waals surface area contributed by atoms with Crippen LogP contribution in [0.4, 0.5) is 0 Å². The summed E-state index contributed by atoms with van der Waals surface area (Å²) in [4.78, 5) is 11.0. The van der Waals surface area contributed by atoms with Crippen LogP contribution in [0.2, 0.25) is 0 Å². The van der Waals surface area contributed by atoms with E-state index in [-0.39, 0.29) is 4.83 Å². The average Bonchev–Trinajstić information content (AvgIpc) is 1.80. The Morgan fingerprint density at radius 2 is 2.33 bits per heavy atom. The van der Waals surface area contributed by atoms with Crippen molar-refractivity contribution < 1.29 is 4.79 Å². The maximum Gasteiger partial charge on any atom is 0.146 e. The lowest BCUT2D eigenvalue weighted by Crippen LogP contribution is -2.23. The highest BCUT2D eigenvalue weighted by Gasteiger charge is 2.23. The first-order valence-corrected chi connectivity index (χ1v) is 4.28. The second-order valence-electron chi connectivity index (χ2n) is 2.81. The van der Waals surface area contributed by atoms with Crippen molar-refractivity contribution in [3.63, 3.8) is 0 Å². The van der Waals surface area contributed by atoms with Crippen LogP contribution < -0.4 is 0 Å². The molecular formula is C7H11BrO. The number of carbonyl (C=O) groups excluding carboxylic acids is 1. The largest absolute Gasteiger partial charge is 0.298 e. The molecule has 0 unspecified atom stereocenters. The minimum atomic E-state index is 0.154. The molecule has 9 heavy (non-hydrogen) atoms. The second kappa shape index (κ2) is 2.82. The Kier molecular flexibility index (Phi) is 2.28. The summed E-state index contributed by atoms with van der Waals surface area (Å²) in [5, 5.41) is 0. The van der Waals surface area contributed by atoms with Crippen LogP contribution in [0.5, 0.6) is 0 Å². The molecular weight excluding hydrogens is 180 g/mol. The predicted octanol–water partition coefficient (Wildman–Crippen LogP) is 2.14. The third kappa shape index (κ3) is 1.78. The Balaban J connectivity index is 2.44. The molecule has 1 aliphatic rings.